The third-order valence-corrected chi connectivity index (χ3v) is 7.19. The number of rotatable bonds is 6. The van der Waals surface area contributed by atoms with E-state index in [0.29, 0.717) is 50.1 Å². The van der Waals surface area contributed by atoms with E-state index in [1.54, 1.807) is 0 Å². The Hall–Kier alpha value is -1.25. The van der Waals surface area contributed by atoms with E-state index in [1.807, 2.05) is 42.7 Å². The Kier molecular flexibility index (Phi) is 6.99. The summed E-state index contributed by atoms with van der Waals surface area (Å²) < 4.78 is 31.3. The Morgan fingerprint density at radius 2 is 2.12 bits per heavy atom. The van der Waals surface area contributed by atoms with E-state index in [-0.39, 0.29) is 6.54 Å². The van der Waals surface area contributed by atoms with E-state index in [4.69, 9.17) is 16.3 Å². The van der Waals surface area contributed by atoms with Gasteiger partial charge in [-0.15, -0.1) is 0 Å². The summed E-state index contributed by atoms with van der Waals surface area (Å²) in [4.78, 5) is 6.64. The summed E-state index contributed by atoms with van der Waals surface area (Å²) in [5, 5.41) is 3.94. The zero-order chi connectivity index (χ0) is 19.4. The van der Waals surface area contributed by atoms with Crippen LogP contribution in [-0.4, -0.2) is 68.2 Å². The molecule has 148 valence electrons. The van der Waals surface area contributed by atoms with E-state index in [0.717, 1.165) is 5.69 Å². The maximum absolute atomic E-state index is 12.4. The Morgan fingerprint density at radius 3 is 2.62 bits per heavy atom. The summed E-state index contributed by atoms with van der Waals surface area (Å²) in [6, 6.07) is 1.91. The molecule has 1 aromatic heterocycles. The number of sulfone groups is 1. The molecule has 0 saturated carbocycles. The number of hydrogen-bond donors (Lipinski definition) is 1. The number of halogens is 1. The molecule has 26 heavy (non-hydrogen) atoms. The molecule has 1 saturated heterocycles. The number of nitrogens with one attached hydrogen (secondary N) is 1. The Labute approximate surface area is 161 Å². The summed E-state index contributed by atoms with van der Waals surface area (Å²) in [5.41, 5.74) is 1.05. The van der Waals surface area contributed by atoms with Crippen LogP contribution in [0, 0.1) is 0 Å². The van der Waals surface area contributed by atoms with Crippen molar-refractivity contribution in [3.8, 4) is 0 Å². The van der Waals surface area contributed by atoms with Crippen LogP contribution >= 0.6 is 11.6 Å². The molecule has 0 aromatic carbocycles. The van der Waals surface area contributed by atoms with E-state index in [2.05, 4.69) is 10.3 Å². The minimum Gasteiger partial charge on any atom is -0.381 e. The highest BCUT2D eigenvalue weighted by atomic mass is 35.5. The van der Waals surface area contributed by atoms with Crippen LogP contribution in [0.15, 0.2) is 17.3 Å². The summed E-state index contributed by atoms with van der Waals surface area (Å²) in [6.45, 7) is 4.45. The molecule has 1 aliphatic rings. The molecule has 2 heterocycles. The average molecular weight is 405 g/mol. The van der Waals surface area contributed by atoms with Gasteiger partial charge in [0.2, 0.25) is 0 Å². The summed E-state index contributed by atoms with van der Waals surface area (Å²) in [6.07, 6.45) is 4.11. The van der Waals surface area contributed by atoms with E-state index in [9.17, 15) is 8.42 Å². The normalized spacial score (nSPS) is 18.0. The maximum Gasteiger partial charge on any atom is 0.194 e. The fourth-order valence-corrected chi connectivity index (χ4v) is 4.60. The summed E-state index contributed by atoms with van der Waals surface area (Å²) in [5.74, 6) is 0.680. The minimum atomic E-state index is -3.24. The van der Waals surface area contributed by atoms with Crippen molar-refractivity contribution in [2.75, 3.05) is 39.6 Å². The number of aliphatic imine (C=N–C) groups is 1. The molecule has 0 atom stereocenters. The molecule has 0 spiro atoms. The topological polar surface area (TPSA) is 75.9 Å². The highest BCUT2D eigenvalue weighted by Gasteiger charge is 2.42. The number of aryl methyl sites for hydroxylation is 1. The number of aromatic nitrogens is 1. The second-order valence-corrected chi connectivity index (χ2v) is 9.70. The zero-order valence-corrected chi connectivity index (χ0v) is 17.5. The van der Waals surface area contributed by atoms with Crippen molar-refractivity contribution < 1.29 is 13.2 Å². The largest absolute Gasteiger partial charge is 0.381 e. The maximum atomic E-state index is 12.4. The molecular weight excluding hydrogens is 376 g/mol. The van der Waals surface area contributed by atoms with Gasteiger partial charge in [0, 0.05) is 52.0 Å². The van der Waals surface area contributed by atoms with Gasteiger partial charge in [-0.05, 0) is 25.8 Å². The highest BCUT2D eigenvalue weighted by molar-refractivity contribution is 7.92. The third kappa shape index (κ3) is 4.92. The second kappa shape index (κ2) is 8.63. The van der Waals surface area contributed by atoms with Gasteiger partial charge in [0.1, 0.15) is 0 Å². The monoisotopic (exact) mass is 404 g/mol. The molecule has 0 amide bonds. The molecule has 1 aromatic rings. The third-order valence-electron chi connectivity index (χ3n) is 4.88. The molecule has 1 N–H and O–H groups in total. The Bertz CT molecular complexity index is 739. The lowest BCUT2D eigenvalue weighted by Crippen LogP contribution is -2.47. The molecule has 0 unspecified atom stereocenters. The van der Waals surface area contributed by atoms with Crippen LogP contribution < -0.4 is 5.32 Å². The molecule has 0 bridgehead atoms. The lowest BCUT2D eigenvalue weighted by Gasteiger charge is -2.34. The van der Waals surface area contributed by atoms with Gasteiger partial charge < -0.3 is 19.5 Å². The lowest BCUT2D eigenvalue weighted by atomic mass is 9.99. The first-order valence-corrected chi connectivity index (χ1v) is 11.0. The standard InChI is InChI=1S/C17H29ClN4O3S/c1-5-19-16(22(3)12-15-10-14(18)11-21(15)2)20-13-17(26(4,23)24)6-8-25-9-7-17/h10-11H,5-9,12-13H2,1-4H3,(H,19,20). The molecule has 9 heteroatoms. The number of nitrogens with zero attached hydrogens (tertiary/aromatic N) is 3. The first kappa shape index (κ1) is 21.1. The SMILES string of the molecule is CCNC(=NCC1(S(C)(=O)=O)CCOCC1)N(C)Cc1cc(Cl)cn1C. The molecular formula is C17H29ClN4O3S. The van der Waals surface area contributed by atoms with Crippen molar-refractivity contribution in [2.24, 2.45) is 12.0 Å². The van der Waals surface area contributed by atoms with Gasteiger partial charge >= 0.3 is 0 Å². The van der Waals surface area contributed by atoms with Crippen LogP contribution in [-0.2, 0) is 28.2 Å². The smallest absolute Gasteiger partial charge is 0.194 e. The average Bonchev–Trinajstić information content (AvgIpc) is 2.88. The first-order chi connectivity index (χ1) is 12.2. The van der Waals surface area contributed by atoms with Gasteiger partial charge in [0.15, 0.2) is 15.8 Å². The van der Waals surface area contributed by atoms with Gasteiger partial charge in [-0.3, -0.25) is 4.99 Å². The molecule has 1 fully saturated rings. The fraction of sp³-hybridized carbons (Fsp3) is 0.706. The predicted molar refractivity (Wildman–Crippen MR) is 105 cm³/mol. The Morgan fingerprint density at radius 1 is 1.46 bits per heavy atom. The van der Waals surface area contributed by atoms with Crippen molar-refractivity contribution in [1.82, 2.24) is 14.8 Å². The van der Waals surface area contributed by atoms with Crippen molar-refractivity contribution in [3.05, 3.63) is 23.0 Å². The quantitative estimate of drug-likeness (QED) is 0.576. The predicted octanol–water partition coefficient (Wildman–Crippen LogP) is 1.67. The van der Waals surface area contributed by atoms with Gasteiger partial charge in [0.05, 0.1) is 22.9 Å². The van der Waals surface area contributed by atoms with Crippen LogP contribution in [0.5, 0.6) is 0 Å². The van der Waals surface area contributed by atoms with Gasteiger partial charge in [-0.1, -0.05) is 11.6 Å². The van der Waals surface area contributed by atoms with Crippen LogP contribution in [0.2, 0.25) is 5.02 Å². The van der Waals surface area contributed by atoms with Crippen molar-refractivity contribution in [3.63, 3.8) is 0 Å². The molecule has 2 rings (SSSR count). The molecule has 7 nitrogen and oxygen atoms in total. The highest BCUT2D eigenvalue weighted by Crippen LogP contribution is 2.29. The number of guanidine groups is 1. The van der Waals surface area contributed by atoms with Crippen LogP contribution in [0.25, 0.3) is 0 Å². The number of ether oxygens (including phenoxy) is 1. The Balaban J connectivity index is 2.20. The molecule has 0 radical (unpaired) electrons. The zero-order valence-electron chi connectivity index (χ0n) is 16.0. The van der Waals surface area contributed by atoms with Crippen LogP contribution in [0.3, 0.4) is 0 Å². The fourth-order valence-electron chi connectivity index (χ4n) is 3.12. The second-order valence-electron chi connectivity index (χ2n) is 6.85. The summed E-state index contributed by atoms with van der Waals surface area (Å²) in [7, 11) is 0.633. The first-order valence-electron chi connectivity index (χ1n) is 8.76. The van der Waals surface area contributed by atoms with Crippen molar-refractivity contribution in [2.45, 2.75) is 31.1 Å². The van der Waals surface area contributed by atoms with Gasteiger partial charge in [0.25, 0.3) is 0 Å². The van der Waals surface area contributed by atoms with Crippen LogP contribution in [0.1, 0.15) is 25.5 Å². The van der Waals surface area contributed by atoms with E-state index in [1.165, 1.54) is 6.26 Å². The van der Waals surface area contributed by atoms with Crippen molar-refractivity contribution in [1.29, 1.82) is 0 Å². The van der Waals surface area contributed by atoms with E-state index < -0.39 is 14.6 Å². The number of hydrogen-bond acceptors (Lipinski definition) is 4. The van der Waals surface area contributed by atoms with Gasteiger partial charge in [-0.2, -0.15) is 0 Å². The van der Waals surface area contributed by atoms with Gasteiger partial charge in [-0.25, -0.2) is 8.42 Å². The van der Waals surface area contributed by atoms with Crippen molar-refractivity contribution >= 4 is 27.4 Å². The molecule has 0 aliphatic carbocycles. The minimum absolute atomic E-state index is 0.232. The van der Waals surface area contributed by atoms with Crippen LogP contribution in [0.4, 0.5) is 0 Å². The lowest BCUT2D eigenvalue weighted by molar-refractivity contribution is 0.0767. The van der Waals surface area contributed by atoms with E-state index >= 15 is 0 Å². The summed E-state index contributed by atoms with van der Waals surface area (Å²) >= 11 is 6.06. The molecule has 1 aliphatic heterocycles.